The zero-order valence-electron chi connectivity index (χ0n) is 11.4. The number of aryl methyl sites for hydroxylation is 1. The molecule has 0 fully saturated rings. The summed E-state index contributed by atoms with van der Waals surface area (Å²) in [5, 5.41) is 22.8. The molecule has 2 N–H and O–H groups in total. The standard InChI is InChI=1S/C15H14N2O4/c1-10-3-2-4-13(17(20)21)14(10)15(19)16-9-11-5-7-12(18)8-6-11/h2-8,18H,9H2,1H3,(H,16,19). The largest absolute Gasteiger partial charge is 0.508 e. The molecule has 0 spiro atoms. The van der Waals surface area contributed by atoms with E-state index in [0.29, 0.717) is 5.56 Å². The van der Waals surface area contributed by atoms with Gasteiger partial charge in [-0.05, 0) is 30.2 Å². The van der Waals surface area contributed by atoms with Gasteiger partial charge >= 0.3 is 0 Å². The Morgan fingerprint density at radius 2 is 1.90 bits per heavy atom. The Bertz CT molecular complexity index is 681. The van der Waals surface area contributed by atoms with Gasteiger partial charge in [-0.2, -0.15) is 0 Å². The van der Waals surface area contributed by atoms with Gasteiger partial charge in [0.15, 0.2) is 0 Å². The van der Waals surface area contributed by atoms with E-state index < -0.39 is 10.8 Å². The van der Waals surface area contributed by atoms with Crippen molar-refractivity contribution in [1.82, 2.24) is 5.32 Å². The molecule has 0 aliphatic carbocycles. The minimum Gasteiger partial charge on any atom is -0.508 e. The SMILES string of the molecule is Cc1cccc([N+](=O)[O-])c1C(=O)NCc1ccc(O)cc1. The van der Waals surface area contributed by atoms with E-state index in [0.717, 1.165) is 5.56 Å². The van der Waals surface area contributed by atoms with Gasteiger partial charge in [-0.1, -0.05) is 24.3 Å². The zero-order chi connectivity index (χ0) is 15.4. The normalized spacial score (nSPS) is 10.1. The van der Waals surface area contributed by atoms with Crippen molar-refractivity contribution in [1.29, 1.82) is 0 Å². The van der Waals surface area contributed by atoms with Crippen molar-refractivity contribution in [2.45, 2.75) is 13.5 Å². The molecule has 0 unspecified atom stereocenters. The Balaban J connectivity index is 2.17. The lowest BCUT2D eigenvalue weighted by atomic mass is 10.1. The van der Waals surface area contributed by atoms with Crippen LogP contribution in [0, 0.1) is 17.0 Å². The summed E-state index contributed by atoms with van der Waals surface area (Å²) in [7, 11) is 0. The van der Waals surface area contributed by atoms with Crippen LogP contribution in [0.25, 0.3) is 0 Å². The van der Waals surface area contributed by atoms with E-state index in [9.17, 15) is 20.0 Å². The molecule has 108 valence electrons. The lowest BCUT2D eigenvalue weighted by molar-refractivity contribution is -0.385. The van der Waals surface area contributed by atoms with Crippen LogP contribution in [-0.4, -0.2) is 15.9 Å². The highest BCUT2D eigenvalue weighted by Crippen LogP contribution is 2.21. The molecule has 0 saturated heterocycles. The Morgan fingerprint density at radius 3 is 2.52 bits per heavy atom. The molecule has 6 heteroatoms. The average molecular weight is 286 g/mol. The van der Waals surface area contributed by atoms with E-state index in [-0.39, 0.29) is 23.5 Å². The predicted octanol–water partition coefficient (Wildman–Crippen LogP) is 2.54. The first-order valence-electron chi connectivity index (χ1n) is 6.29. The van der Waals surface area contributed by atoms with Crippen molar-refractivity contribution in [2.24, 2.45) is 0 Å². The summed E-state index contributed by atoms with van der Waals surface area (Å²) in [6.45, 7) is 1.88. The molecule has 0 aliphatic heterocycles. The predicted molar refractivity (Wildman–Crippen MR) is 77.1 cm³/mol. The van der Waals surface area contributed by atoms with Gasteiger partial charge in [-0.15, -0.1) is 0 Å². The maximum atomic E-state index is 12.2. The third kappa shape index (κ3) is 3.36. The number of nitro groups is 1. The third-order valence-electron chi connectivity index (χ3n) is 3.06. The molecule has 0 aromatic heterocycles. The van der Waals surface area contributed by atoms with Crippen LogP contribution >= 0.6 is 0 Å². The highest BCUT2D eigenvalue weighted by Gasteiger charge is 2.21. The lowest BCUT2D eigenvalue weighted by Gasteiger charge is -2.08. The molecule has 2 aromatic carbocycles. The highest BCUT2D eigenvalue weighted by atomic mass is 16.6. The minimum atomic E-state index is -0.567. The molecule has 2 rings (SSSR count). The van der Waals surface area contributed by atoms with E-state index in [1.807, 2.05) is 0 Å². The van der Waals surface area contributed by atoms with E-state index in [1.165, 1.54) is 18.2 Å². The summed E-state index contributed by atoms with van der Waals surface area (Å²) in [6.07, 6.45) is 0. The zero-order valence-corrected chi connectivity index (χ0v) is 11.4. The number of hydrogen-bond donors (Lipinski definition) is 2. The van der Waals surface area contributed by atoms with E-state index >= 15 is 0 Å². The van der Waals surface area contributed by atoms with Crippen molar-refractivity contribution in [3.63, 3.8) is 0 Å². The van der Waals surface area contributed by atoms with Gasteiger partial charge in [-0.25, -0.2) is 0 Å². The number of carbonyl (C=O) groups is 1. The van der Waals surface area contributed by atoms with Crippen molar-refractivity contribution < 1.29 is 14.8 Å². The fourth-order valence-electron chi connectivity index (χ4n) is 1.98. The van der Waals surface area contributed by atoms with Crippen molar-refractivity contribution in [2.75, 3.05) is 0 Å². The van der Waals surface area contributed by atoms with Gasteiger partial charge in [0.05, 0.1) is 4.92 Å². The van der Waals surface area contributed by atoms with Gasteiger partial charge in [0.1, 0.15) is 11.3 Å². The van der Waals surface area contributed by atoms with Crippen LogP contribution in [0.4, 0.5) is 5.69 Å². The van der Waals surface area contributed by atoms with Crippen LogP contribution in [0.1, 0.15) is 21.5 Å². The number of hydrogen-bond acceptors (Lipinski definition) is 4. The number of amides is 1. The van der Waals surface area contributed by atoms with Gasteiger partial charge in [0.25, 0.3) is 11.6 Å². The average Bonchev–Trinajstić information content (AvgIpc) is 2.46. The van der Waals surface area contributed by atoms with E-state index in [4.69, 9.17) is 0 Å². The maximum absolute atomic E-state index is 12.2. The number of nitrogens with zero attached hydrogens (tertiary/aromatic N) is 1. The number of phenols is 1. The van der Waals surface area contributed by atoms with Crippen molar-refractivity contribution in [3.8, 4) is 5.75 Å². The second-order valence-electron chi connectivity index (χ2n) is 4.58. The molecule has 0 aliphatic rings. The number of nitro benzene ring substituents is 1. The van der Waals surface area contributed by atoms with Crippen LogP contribution in [0.2, 0.25) is 0 Å². The van der Waals surface area contributed by atoms with Crippen molar-refractivity contribution in [3.05, 3.63) is 69.3 Å². The topological polar surface area (TPSA) is 92.5 Å². The number of rotatable bonds is 4. The molecule has 21 heavy (non-hydrogen) atoms. The molecule has 0 saturated carbocycles. The van der Waals surface area contributed by atoms with Crippen LogP contribution < -0.4 is 5.32 Å². The summed E-state index contributed by atoms with van der Waals surface area (Å²) in [6, 6.07) is 10.9. The highest BCUT2D eigenvalue weighted by molar-refractivity contribution is 5.99. The molecule has 0 bridgehead atoms. The number of carbonyl (C=O) groups excluding carboxylic acids is 1. The third-order valence-corrected chi connectivity index (χ3v) is 3.06. The number of phenolic OH excluding ortho intramolecular Hbond substituents is 1. The lowest BCUT2D eigenvalue weighted by Crippen LogP contribution is -2.24. The van der Waals surface area contributed by atoms with E-state index in [1.54, 1.807) is 31.2 Å². The van der Waals surface area contributed by atoms with Gasteiger partial charge in [0.2, 0.25) is 0 Å². The monoisotopic (exact) mass is 286 g/mol. The number of benzene rings is 2. The summed E-state index contributed by atoms with van der Waals surface area (Å²) < 4.78 is 0. The summed E-state index contributed by atoms with van der Waals surface area (Å²) in [4.78, 5) is 22.6. The van der Waals surface area contributed by atoms with Gasteiger partial charge in [0, 0.05) is 12.6 Å². The fourth-order valence-corrected chi connectivity index (χ4v) is 1.98. The Kier molecular flexibility index (Phi) is 4.18. The van der Waals surface area contributed by atoms with Crippen LogP contribution in [-0.2, 0) is 6.54 Å². The number of aromatic hydroxyl groups is 1. The van der Waals surface area contributed by atoms with Gasteiger partial charge in [-0.3, -0.25) is 14.9 Å². The summed E-state index contributed by atoms with van der Waals surface area (Å²) in [5.41, 5.74) is 1.20. The van der Waals surface area contributed by atoms with E-state index in [2.05, 4.69) is 5.32 Å². The Labute approximate surface area is 121 Å². The molecule has 6 nitrogen and oxygen atoms in total. The quantitative estimate of drug-likeness (QED) is 0.667. The van der Waals surface area contributed by atoms with Crippen LogP contribution in [0.3, 0.4) is 0 Å². The second kappa shape index (κ2) is 6.04. The molecule has 1 amide bonds. The van der Waals surface area contributed by atoms with Gasteiger partial charge < -0.3 is 10.4 Å². The number of nitrogens with one attached hydrogen (secondary N) is 1. The fraction of sp³-hybridized carbons (Fsp3) is 0.133. The molecule has 2 aromatic rings. The first kappa shape index (κ1) is 14.5. The van der Waals surface area contributed by atoms with Crippen molar-refractivity contribution >= 4 is 11.6 Å². The smallest absolute Gasteiger partial charge is 0.282 e. The molecular formula is C15H14N2O4. The van der Waals surface area contributed by atoms with Crippen LogP contribution in [0.15, 0.2) is 42.5 Å². The minimum absolute atomic E-state index is 0.0706. The first-order valence-corrected chi connectivity index (χ1v) is 6.29. The Morgan fingerprint density at radius 1 is 1.24 bits per heavy atom. The molecule has 0 radical (unpaired) electrons. The molecular weight excluding hydrogens is 272 g/mol. The summed E-state index contributed by atoms with van der Waals surface area (Å²) in [5.74, 6) is -0.354. The maximum Gasteiger partial charge on any atom is 0.282 e. The molecule has 0 atom stereocenters. The Hall–Kier alpha value is -2.89. The van der Waals surface area contributed by atoms with Crippen LogP contribution in [0.5, 0.6) is 5.75 Å². The second-order valence-corrected chi connectivity index (χ2v) is 4.58. The summed E-state index contributed by atoms with van der Waals surface area (Å²) >= 11 is 0. The first-order chi connectivity index (χ1) is 9.99. The molecule has 0 heterocycles.